The van der Waals surface area contributed by atoms with Gasteiger partial charge in [-0.1, -0.05) is 6.58 Å². The molecule has 1 unspecified atom stereocenters. The van der Waals surface area contributed by atoms with Crippen LogP contribution in [0.25, 0.3) is 0 Å². The van der Waals surface area contributed by atoms with Crippen LogP contribution in [0.2, 0.25) is 0 Å². The molecule has 1 N–H and O–H groups in total. The average Bonchev–Trinajstić information content (AvgIpc) is 1.97. The molecular formula is C6H10O4S. The molecule has 0 saturated heterocycles. The summed E-state index contributed by atoms with van der Waals surface area (Å²) >= 11 is -1.80. The van der Waals surface area contributed by atoms with Crippen molar-refractivity contribution in [1.82, 2.24) is 0 Å². The summed E-state index contributed by atoms with van der Waals surface area (Å²) in [7, 11) is 0. The van der Waals surface area contributed by atoms with Crippen molar-refractivity contribution in [1.29, 1.82) is 0 Å². The Morgan fingerprint density at radius 3 is 2.82 bits per heavy atom. The van der Waals surface area contributed by atoms with Gasteiger partial charge in [0.1, 0.15) is 0 Å². The van der Waals surface area contributed by atoms with E-state index in [1.165, 1.54) is 0 Å². The third-order valence-electron chi connectivity index (χ3n) is 0.874. The van der Waals surface area contributed by atoms with Gasteiger partial charge in [-0.25, -0.2) is 9.00 Å². The van der Waals surface area contributed by atoms with Gasteiger partial charge in [-0.3, -0.25) is 0 Å². The van der Waals surface area contributed by atoms with Crippen molar-refractivity contribution in [2.24, 2.45) is 0 Å². The number of esters is 1. The molecule has 0 aromatic carbocycles. The Morgan fingerprint density at radius 1 is 1.73 bits per heavy atom. The second-order valence-electron chi connectivity index (χ2n) is 1.75. The van der Waals surface area contributed by atoms with E-state index in [1.807, 2.05) is 0 Å². The molecule has 0 fully saturated rings. The van der Waals surface area contributed by atoms with Crippen LogP contribution in [0.3, 0.4) is 0 Å². The van der Waals surface area contributed by atoms with E-state index in [9.17, 15) is 9.00 Å². The van der Waals surface area contributed by atoms with Gasteiger partial charge in [0, 0.05) is 6.08 Å². The molecule has 1 atom stereocenters. The Bertz CT molecular complexity index is 166. The molecule has 0 spiro atoms. The molecule has 0 aromatic heterocycles. The largest absolute Gasteiger partial charge is 0.463 e. The van der Waals surface area contributed by atoms with Crippen LogP contribution in [-0.2, 0) is 20.6 Å². The van der Waals surface area contributed by atoms with Crippen molar-refractivity contribution in [3.05, 3.63) is 12.7 Å². The van der Waals surface area contributed by atoms with E-state index >= 15 is 0 Å². The zero-order valence-corrected chi connectivity index (χ0v) is 6.80. The topological polar surface area (TPSA) is 63.6 Å². The van der Waals surface area contributed by atoms with Gasteiger partial charge >= 0.3 is 5.97 Å². The molecular weight excluding hydrogens is 168 g/mol. The third-order valence-corrected chi connectivity index (χ3v) is 1.51. The molecule has 0 amide bonds. The predicted molar refractivity (Wildman–Crippen MR) is 41.4 cm³/mol. The Morgan fingerprint density at radius 2 is 2.36 bits per heavy atom. The van der Waals surface area contributed by atoms with Crippen molar-refractivity contribution in [2.45, 2.75) is 6.42 Å². The average molecular weight is 178 g/mol. The summed E-state index contributed by atoms with van der Waals surface area (Å²) in [6.45, 7) is 3.35. The number of carbonyl (C=O) groups excluding carboxylic acids is 1. The van der Waals surface area contributed by atoms with Crippen LogP contribution in [0.15, 0.2) is 12.7 Å². The Labute approximate surface area is 67.5 Å². The van der Waals surface area contributed by atoms with Gasteiger partial charge in [-0.05, 0) is 6.42 Å². The highest BCUT2D eigenvalue weighted by atomic mass is 32.2. The van der Waals surface area contributed by atoms with Gasteiger partial charge in [0.25, 0.3) is 0 Å². The first kappa shape index (κ1) is 10.3. The Kier molecular flexibility index (Phi) is 5.68. The summed E-state index contributed by atoms with van der Waals surface area (Å²) in [6, 6.07) is 0. The highest BCUT2D eigenvalue weighted by Gasteiger charge is 1.96. The van der Waals surface area contributed by atoms with E-state index in [1.54, 1.807) is 0 Å². The molecule has 0 aromatic rings. The fourth-order valence-corrected chi connectivity index (χ4v) is 0.779. The van der Waals surface area contributed by atoms with Gasteiger partial charge < -0.3 is 9.29 Å². The molecule has 0 aliphatic heterocycles. The number of hydrogen-bond donors (Lipinski definition) is 1. The molecule has 0 saturated carbocycles. The molecule has 5 heteroatoms. The minimum atomic E-state index is -1.80. The molecule has 0 heterocycles. The second kappa shape index (κ2) is 6.06. The maximum atomic E-state index is 10.4. The van der Waals surface area contributed by atoms with E-state index in [-0.39, 0.29) is 12.4 Å². The van der Waals surface area contributed by atoms with E-state index in [0.29, 0.717) is 6.42 Å². The van der Waals surface area contributed by atoms with Crippen LogP contribution in [0.1, 0.15) is 6.42 Å². The number of rotatable bonds is 5. The van der Waals surface area contributed by atoms with Crippen molar-refractivity contribution in [3.63, 3.8) is 0 Å². The van der Waals surface area contributed by atoms with Crippen LogP contribution >= 0.6 is 0 Å². The van der Waals surface area contributed by atoms with Gasteiger partial charge in [0.15, 0.2) is 11.1 Å². The summed E-state index contributed by atoms with van der Waals surface area (Å²) in [6.07, 6.45) is 1.44. The summed E-state index contributed by atoms with van der Waals surface area (Å²) in [5, 5.41) is 0. The molecule has 64 valence electrons. The van der Waals surface area contributed by atoms with Gasteiger partial charge in [0.2, 0.25) is 0 Å². The zero-order valence-electron chi connectivity index (χ0n) is 5.99. The lowest BCUT2D eigenvalue weighted by molar-refractivity contribution is -0.137. The molecule has 0 bridgehead atoms. The van der Waals surface area contributed by atoms with E-state index in [0.717, 1.165) is 6.08 Å². The SMILES string of the molecule is C=CC(=O)OCCCS(=O)O. The number of carbonyl (C=O) groups is 1. The first-order chi connectivity index (χ1) is 5.16. The third kappa shape index (κ3) is 7.21. The first-order valence-corrected chi connectivity index (χ1v) is 4.31. The molecule has 0 rings (SSSR count). The van der Waals surface area contributed by atoms with Gasteiger partial charge in [0.05, 0.1) is 12.4 Å². The molecule has 0 aliphatic carbocycles. The highest BCUT2D eigenvalue weighted by Crippen LogP contribution is 1.86. The fraction of sp³-hybridized carbons (Fsp3) is 0.500. The summed E-state index contributed by atoms with van der Waals surface area (Å²) in [5.74, 6) is -0.376. The zero-order chi connectivity index (χ0) is 8.69. The van der Waals surface area contributed by atoms with Crippen LogP contribution in [0.5, 0.6) is 0 Å². The lowest BCUT2D eigenvalue weighted by Gasteiger charge is -1.98. The molecule has 4 nitrogen and oxygen atoms in total. The highest BCUT2D eigenvalue weighted by molar-refractivity contribution is 7.79. The van der Waals surface area contributed by atoms with Crippen LogP contribution in [0.4, 0.5) is 0 Å². The maximum absolute atomic E-state index is 10.4. The van der Waals surface area contributed by atoms with Gasteiger partial charge in [-0.2, -0.15) is 0 Å². The summed E-state index contributed by atoms with van der Waals surface area (Å²) in [4.78, 5) is 10.4. The lowest BCUT2D eigenvalue weighted by Crippen LogP contribution is -2.05. The summed E-state index contributed by atoms with van der Waals surface area (Å²) < 4.78 is 22.9. The van der Waals surface area contributed by atoms with Crippen LogP contribution < -0.4 is 0 Å². The number of hydrogen-bond acceptors (Lipinski definition) is 3. The normalized spacial score (nSPS) is 12.1. The minimum Gasteiger partial charge on any atom is -0.463 e. The maximum Gasteiger partial charge on any atom is 0.330 e. The minimum absolute atomic E-state index is 0.129. The van der Waals surface area contributed by atoms with Crippen LogP contribution in [-0.4, -0.2) is 27.1 Å². The predicted octanol–water partition coefficient (Wildman–Crippen LogP) is 0.327. The van der Waals surface area contributed by atoms with Crippen molar-refractivity contribution >= 4 is 17.0 Å². The molecule has 0 radical (unpaired) electrons. The van der Waals surface area contributed by atoms with E-state index < -0.39 is 17.0 Å². The second-order valence-corrected chi connectivity index (χ2v) is 2.80. The molecule has 11 heavy (non-hydrogen) atoms. The number of ether oxygens (including phenoxy) is 1. The summed E-state index contributed by atoms with van der Waals surface area (Å²) in [5.41, 5.74) is 0. The smallest absolute Gasteiger partial charge is 0.330 e. The quantitative estimate of drug-likeness (QED) is 0.285. The molecule has 0 aliphatic rings. The lowest BCUT2D eigenvalue weighted by atomic mass is 10.5. The fourth-order valence-electron chi connectivity index (χ4n) is 0.414. The van der Waals surface area contributed by atoms with Gasteiger partial charge in [-0.15, -0.1) is 0 Å². The van der Waals surface area contributed by atoms with Crippen molar-refractivity contribution < 1.29 is 18.3 Å². The first-order valence-electron chi connectivity index (χ1n) is 3.03. The Balaban J connectivity index is 3.21. The van der Waals surface area contributed by atoms with Crippen molar-refractivity contribution in [3.8, 4) is 0 Å². The van der Waals surface area contributed by atoms with Crippen molar-refractivity contribution in [2.75, 3.05) is 12.4 Å². The van der Waals surface area contributed by atoms with E-state index in [4.69, 9.17) is 4.55 Å². The standard InChI is InChI=1S/C6H10O4S/c1-2-6(7)10-4-3-5-11(8)9/h2H,1,3-5H2,(H,8,9). The van der Waals surface area contributed by atoms with E-state index in [2.05, 4.69) is 11.3 Å². The monoisotopic (exact) mass is 178 g/mol. The Hall–Kier alpha value is -0.680. The van der Waals surface area contributed by atoms with Crippen LogP contribution in [0, 0.1) is 0 Å².